The number of hydrogen-bond acceptors (Lipinski definition) is 3. The van der Waals surface area contributed by atoms with Crippen LogP contribution in [0.25, 0.3) is 0 Å². The van der Waals surface area contributed by atoms with Gasteiger partial charge in [-0.2, -0.15) is 0 Å². The number of allylic oxidation sites excluding steroid dienone is 2. The van der Waals surface area contributed by atoms with Crippen molar-refractivity contribution in [3.63, 3.8) is 0 Å². The average Bonchev–Trinajstić information content (AvgIpc) is 2.33. The van der Waals surface area contributed by atoms with Gasteiger partial charge in [0.2, 0.25) is 11.8 Å². The summed E-state index contributed by atoms with van der Waals surface area (Å²) in [6.45, 7) is 5.40. The Kier molecular flexibility index (Phi) is 5.30. The van der Waals surface area contributed by atoms with E-state index in [1.54, 1.807) is 12.2 Å². The van der Waals surface area contributed by atoms with Gasteiger partial charge in [0.05, 0.1) is 18.4 Å². The van der Waals surface area contributed by atoms with Crippen molar-refractivity contribution in [3.05, 3.63) is 12.2 Å². The van der Waals surface area contributed by atoms with Gasteiger partial charge in [0.25, 0.3) is 0 Å². The van der Waals surface area contributed by atoms with Gasteiger partial charge in [-0.05, 0) is 33.6 Å². The Morgan fingerprint density at radius 2 is 1.70 bits per heavy atom. The van der Waals surface area contributed by atoms with Crippen LogP contribution in [0.1, 0.15) is 33.6 Å². The quantitative estimate of drug-likeness (QED) is 0.661. The molecular formula is C14H22N2O4. The van der Waals surface area contributed by atoms with Crippen LogP contribution < -0.4 is 10.6 Å². The lowest BCUT2D eigenvalue weighted by Crippen LogP contribution is -2.47. The zero-order chi connectivity index (χ0) is 15.3. The summed E-state index contributed by atoms with van der Waals surface area (Å²) < 4.78 is 0. The van der Waals surface area contributed by atoms with Crippen molar-refractivity contribution in [1.82, 2.24) is 10.6 Å². The third kappa shape index (κ3) is 5.03. The molecule has 0 aromatic rings. The minimum absolute atomic E-state index is 0.136. The van der Waals surface area contributed by atoms with Crippen molar-refractivity contribution < 1.29 is 19.5 Å². The highest BCUT2D eigenvalue weighted by Gasteiger charge is 2.34. The molecule has 1 rings (SSSR count). The summed E-state index contributed by atoms with van der Waals surface area (Å²) in [6.07, 6.45) is 4.32. The Morgan fingerprint density at radius 1 is 1.15 bits per heavy atom. The van der Waals surface area contributed by atoms with Crippen LogP contribution in [0.2, 0.25) is 0 Å². The van der Waals surface area contributed by atoms with E-state index in [2.05, 4.69) is 10.6 Å². The van der Waals surface area contributed by atoms with E-state index in [4.69, 9.17) is 5.11 Å². The van der Waals surface area contributed by atoms with Gasteiger partial charge in [-0.25, -0.2) is 0 Å². The Hall–Kier alpha value is -1.85. The van der Waals surface area contributed by atoms with Crippen LogP contribution in [0.5, 0.6) is 0 Å². The largest absolute Gasteiger partial charge is 0.481 e. The molecule has 0 aromatic carbocycles. The first-order chi connectivity index (χ1) is 9.20. The molecule has 2 amide bonds. The van der Waals surface area contributed by atoms with E-state index in [0.29, 0.717) is 12.8 Å². The average molecular weight is 282 g/mol. The molecule has 2 atom stereocenters. The van der Waals surface area contributed by atoms with Gasteiger partial charge in [-0.3, -0.25) is 14.4 Å². The molecule has 0 aromatic heterocycles. The number of rotatable bonds is 4. The maximum absolute atomic E-state index is 12.0. The van der Waals surface area contributed by atoms with E-state index in [-0.39, 0.29) is 23.9 Å². The SMILES string of the molecule is CC(C)(C)NC(=O)CNC(=O)C1CC=CCC1C(=O)O. The zero-order valence-electron chi connectivity index (χ0n) is 12.1. The van der Waals surface area contributed by atoms with Crippen LogP contribution in [0.3, 0.4) is 0 Å². The number of amides is 2. The molecule has 0 bridgehead atoms. The number of carboxylic acids is 1. The number of nitrogens with one attached hydrogen (secondary N) is 2. The Morgan fingerprint density at radius 3 is 2.20 bits per heavy atom. The van der Waals surface area contributed by atoms with Gasteiger partial charge in [0.1, 0.15) is 0 Å². The molecule has 0 spiro atoms. The summed E-state index contributed by atoms with van der Waals surface area (Å²) in [6, 6.07) is 0. The van der Waals surface area contributed by atoms with Crippen LogP contribution >= 0.6 is 0 Å². The molecule has 3 N–H and O–H groups in total. The van der Waals surface area contributed by atoms with Gasteiger partial charge in [-0.15, -0.1) is 0 Å². The molecule has 6 heteroatoms. The van der Waals surface area contributed by atoms with Crippen molar-refractivity contribution in [2.24, 2.45) is 11.8 Å². The fourth-order valence-corrected chi connectivity index (χ4v) is 2.14. The first kappa shape index (κ1) is 16.2. The van der Waals surface area contributed by atoms with Crippen LogP contribution in [0.15, 0.2) is 12.2 Å². The fraction of sp³-hybridized carbons (Fsp3) is 0.643. The summed E-state index contributed by atoms with van der Waals surface area (Å²) in [5.74, 6) is -2.98. The number of hydrogen-bond donors (Lipinski definition) is 3. The highest BCUT2D eigenvalue weighted by Crippen LogP contribution is 2.25. The van der Waals surface area contributed by atoms with E-state index in [0.717, 1.165) is 0 Å². The standard InChI is InChI=1S/C14H22N2O4/c1-14(2,3)16-11(17)8-15-12(18)9-6-4-5-7-10(9)13(19)20/h4-5,9-10H,6-8H2,1-3H3,(H,15,18)(H,16,17)(H,19,20). The maximum Gasteiger partial charge on any atom is 0.307 e. The van der Waals surface area contributed by atoms with Gasteiger partial charge in [0, 0.05) is 5.54 Å². The second-order valence-corrected chi connectivity index (χ2v) is 6.01. The predicted octanol–water partition coefficient (Wildman–Crippen LogP) is 0.684. The van der Waals surface area contributed by atoms with E-state index in [9.17, 15) is 14.4 Å². The third-order valence-corrected chi connectivity index (χ3v) is 3.02. The minimum Gasteiger partial charge on any atom is -0.481 e. The molecule has 0 aliphatic heterocycles. The summed E-state index contributed by atoms with van der Waals surface area (Å²) in [5, 5.41) is 14.3. The van der Waals surface area contributed by atoms with Crippen molar-refractivity contribution in [2.45, 2.75) is 39.2 Å². The Labute approximate surface area is 118 Å². The molecule has 0 saturated heterocycles. The second kappa shape index (κ2) is 6.54. The van der Waals surface area contributed by atoms with Crippen molar-refractivity contribution in [3.8, 4) is 0 Å². The van der Waals surface area contributed by atoms with Crippen LogP contribution in [0.4, 0.5) is 0 Å². The lowest BCUT2D eigenvalue weighted by molar-refractivity contribution is -0.147. The normalized spacial score (nSPS) is 22.1. The topological polar surface area (TPSA) is 95.5 Å². The Balaban J connectivity index is 2.51. The van der Waals surface area contributed by atoms with Gasteiger partial charge in [0.15, 0.2) is 0 Å². The first-order valence-corrected chi connectivity index (χ1v) is 6.67. The smallest absolute Gasteiger partial charge is 0.307 e. The van der Waals surface area contributed by atoms with Crippen LogP contribution in [-0.2, 0) is 14.4 Å². The van der Waals surface area contributed by atoms with Gasteiger partial charge < -0.3 is 15.7 Å². The van der Waals surface area contributed by atoms with Gasteiger partial charge in [-0.1, -0.05) is 12.2 Å². The molecule has 1 aliphatic rings. The monoisotopic (exact) mass is 282 g/mol. The molecular weight excluding hydrogens is 260 g/mol. The van der Waals surface area contributed by atoms with E-state index in [1.165, 1.54) is 0 Å². The molecule has 0 saturated carbocycles. The molecule has 20 heavy (non-hydrogen) atoms. The summed E-state index contributed by atoms with van der Waals surface area (Å²) in [5.41, 5.74) is -0.362. The lowest BCUT2D eigenvalue weighted by atomic mass is 9.82. The van der Waals surface area contributed by atoms with Crippen LogP contribution in [-0.4, -0.2) is 35.0 Å². The molecule has 6 nitrogen and oxygen atoms in total. The molecule has 2 unspecified atom stereocenters. The number of carbonyl (C=O) groups is 3. The lowest BCUT2D eigenvalue weighted by Gasteiger charge is -2.25. The predicted molar refractivity (Wildman–Crippen MR) is 73.9 cm³/mol. The molecule has 0 fully saturated rings. The number of carbonyl (C=O) groups excluding carboxylic acids is 2. The van der Waals surface area contributed by atoms with Crippen molar-refractivity contribution >= 4 is 17.8 Å². The minimum atomic E-state index is -0.978. The maximum atomic E-state index is 12.0. The molecule has 0 radical (unpaired) electrons. The highest BCUT2D eigenvalue weighted by atomic mass is 16.4. The summed E-state index contributed by atoms with van der Waals surface area (Å²) in [4.78, 5) is 34.7. The zero-order valence-corrected chi connectivity index (χ0v) is 12.1. The number of carboxylic acid groups (broad SMARTS) is 1. The van der Waals surface area contributed by atoms with Crippen molar-refractivity contribution in [2.75, 3.05) is 6.54 Å². The van der Waals surface area contributed by atoms with Crippen LogP contribution in [0, 0.1) is 11.8 Å². The van der Waals surface area contributed by atoms with Gasteiger partial charge >= 0.3 is 5.97 Å². The number of aliphatic carboxylic acids is 1. The highest BCUT2D eigenvalue weighted by molar-refractivity contribution is 5.89. The van der Waals surface area contributed by atoms with E-state index < -0.39 is 17.8 Å². The molecule has 112 valence electrons. The summed E-state index contributed by atoms with van der Waals surface area (Å²) in [7, 11) is 0. The van der Waals surface area contributed by atoms with E-state index in [1.807, 2.05) is 20.8 Å². The fourth-order valence-electron chi connectivity index (χ4n) is 2.14. The molecule has 0 heterocycles. The molecule has 1 aliphatic carbocycles. The van der Waals surface area contributed by atoms with Crippen molar-refractivity contribution in [1.29, 1.82) is 0 Å². The first-order valence-electron chi connectivity index (χ1n) is 6.67. The second-order valence-electron chi connectivity index (χ2n) is 6.01. The van der Waals surface area contributed by atoms with E-state index >= 15 is 0 Å². The summed E-state index contributed by atoms with van der Waals surface area (Å²) >= 11 is 0. The Bertz CT molecular complexity index is 423. The third-order valence-electron chi connectivity index (χ3n) is 3.02.